The standard InChI is InChI=1S/C17H23N3O3/c1-12-4-3-5-16(22)20(12)9-7-15(21)19-8-6-13-10-17(23)18(2)14(13)11-19/h3-5,13-14H,6-11H2,1-2H3/t13-,14-/m1/s1. The Morgan fingerprint density at radius 2 is 2.09 bits per heavy atom. The van der Waals surface area contributed by atoms with Gasteiger partial charge >= 0.3 is 0 Å². The number of pyridine rings is 1. The highest BCUT2D eigenvalue weighted by molar-refractivity contribution is 5.80. The lowest BCUT2D eigenvalue weighted by Crippen LogP contribution is -2.49. The molecule has 0 bridgehead atoms. The second kappa shape index (κ2) is 6.18. The molecule has 0 aromatic carbocycles. The molecule has 3 heterocycles. The van der Waals surface area contributed by atoms with Gasteiger partial charge < -0.3 is 14.4 Å². The molecule has 0 N–H and O–H groups in total. The predicted octanol–water partition coefficient (Wildman–Crippen LogP) is 0.626. The molecule has 0 radical (unpaired) electrons. The zero-order valence-electron chi connectivity index (χ0n) is 13.7. The molecule has 1 aromatic heterocycles. The van der Waals surface area contributed by atoms with Gasteiger partial charge in [-0.3, -0.25) is 14.4 Å². The van der Waals surface area contributed by atoms with Crippen molar-refractivity contribution in [1.82, 2.24) is 14.4 Å². The van der Waals surface area contributed by atoms with Crippen molar-refractivity contribution >= 4 is 11.8 Å². The van der Waals surface area contributed by atoms with E-state index in [4.69, 9.17) is 0 Å². The summed E-state index contributed by atoms with van der Waals surface area (Å²) in [6.07, 6.45) is 1.82. The van der Waals surface area contributed by atoms with E-state index in [-0.39, 0.29) is 23.4 Å². The van der Waals surface area contributed by atoms with Crippen molar-refractivity contribution in [3.63, 3.8) is 0 Å². The Labute approximate surface area is 135 Å². The van der Waals surface area contributed by atoms with Gasteiger partial charge in [-0.15, -0.1) is 0 Å². The van der Waals surface area contributed by atoms with E-state index in [2.05, 4.69) is 0 Å². The summed E-state index contributed by atoms with van der Waals surface area (Å²) >= 11 is 0. The zero-order chi connectivity index (χ0) is 16.6. The second-order valence-electron chi connectivity index (χ2n) is 6.57. The molecule has 2 fully saturated rings. The van der Waals surface area contributed by atoms with Crippen LogP contribution in [0.4, 0.5) is 0 Å². The van der Waals surface area contributed by atoms with Crippen molar-refractivity contribution < 1.29 is 9.59 Å². The summed E-state index contributed by atoms with van der Waals surface area (Å²) in [7, 11) is 1.83. The highest BCUT2D eigenvalue weighted by Gasteiger charge is 2.41. The van der Waals surface area contributed by atoms with E-state index in [1.165, 1.54) is 6.07 Å². The molecule has 2 saturated heterocycles. The summed E-state index contributed by atoms with van der Waals surface area (Å²) in [5.41, 5.74) is 0.794. The largest absolute Gasteiger partial charge is 0.341 e. The first kappa shape index (κ1) is 15.8. The number of fused-ring (bicyclic) bond motifs is 1. The normalized spacial score (nSPS) is 24.0. The van der Waals surface area contributed by atoms with Crippen LogP contribution in [0.25, 0.3) is 0 Å². The van der Waals surface area contributed by atoms with Crippen LogP contribution in [0.1, 0.15) is 25.0 Å². The van der Waals surface area contributed by atoms with Crippen molar-refractivity contribution in [3.8, 4) is 0 Å². The maximum atomic E-state index is 12.5. The summed E-state index contributed by atoms with van der Waals surface area (Å²) in [4.78, 5) is 39.8. The number of aromatic nitrogens is 1. The van der Waals surface area contributed by atoms with Gasteiger partial charge in [0.05, 0.1) is 6.04 Å². The van der Waals surface area contributed by atoms with Gasteiger partial charge in [0, 0.05) is 51.3 Å². The van der Waals surface area contributed by atoms with Crippen LogP contribution in [-0.2, 0) is 16.1 Å². The summed E-state index contributed by atoms with van der Waals surface area (Å²) in [5, 5.41) is 0. The van der Waals surface area contributed by atoms with Crippen LogP contribution >= 0.6 is 0 Å². The monoisotopic (exact) mass is 317 g/mol. The molecule has 2 aliphatic rings. The predicted molar refractivity (Wildman–Crippen MR) is 85.9 cm³/mol. The summed E-state index contributed by atoms with van der Waals surface area (Å²) in [5.74, 6) is 0.627. The van der Waals surface area contributed by atoms with Crippen LogP contribution in [0.2, 0.25) is 0 Å². The minimum atomic E-state index is -0.0716. The Morgan fingerprint density at radius 3 is 2.83 bits per heavy atom. The fourth-order valence-corrected chi connectivity index (χ4v) is 3.71. The van der Waals surface area contributed by atoms with Gasteiger partial charge in [-0.05, 0) is 25.3 Å². The average Bonchev–Trinajstić information content (AvgIpc) is 2.81. The fraction of sp³-hybridized carbons (Fsp3) is 0.588. The molecule has 0 spiro atoms. The van der Waals surface area contributed by atoms with Gasteiger partial charge in [-0.1, -0.05) is 6.07 Å². The molecule has 2 amide bonds. The minimum absolute atomic E-state index is 0.0614. The summed E-state index contributed by atoms with van der Waals surface area (Å²) in [6, 6.07) is 5.27. The average molecular weight is 317 g/mol. The maximum Gasteiger partial charge on any atom is 0.250 e. The molecular weight excluding hydrogens is 294 g/mol. The van der Waals surface area contributed by atoms with Crippen LogP contribution in [0.15, 0.2) is 23.0 Å². The lowest BCUT2D eigenvalue weighted by Gasteiger charge is -2.37. The van der Waals surface area contributed by atoms with E-state index >= 15 is 0 Å². The number of piperidine rings is 1. The maximum absolute atomic E-state index is 12.5. The van der Waals surface area contributed by atoms with Crippen molar-refractivity contribution in [2.45, 2.75) is 38.8 Å². The van der Waals surface area contributed by atoms with Crippen molar-refractivity contribution in [1.29, 1.82) is 0 Å². The number of likely N-dealkylation sites (tertiary alicyclic amines) is 2. The van der Waals surface area contributed by atoms with Gasteiger partial charge in [-0.2, -0.15) is 0 Å². The molecule has 1 aromatic rings. The first-order valence-electron chi connectivity index (χ1n) is 8.17. The molecular formula is C17H23N3O3. The number of nitrogens with zero attached hydrogens (tertiary/aromatic N) is 3. The van der Waals surface area contributed by atoms with E-state index in [9.17, 15) is 14.4 Å². The highest BCUT2D eigenvalue weighted by Crippen LogP contribution is 2.31. The van der Waals surface area contributed by atoms with E-state index in [1.807, 2.05) is 24.9 Å². The number of amides is 2. The van der Waals surface area contributed by atoms with E-state index in [1.54, 1.807) is 15.5 Å². The molecule has 0 saturated carbocycles. The van der Waals surface area contributed by atoms with Gasteiger partial charge in [-0.25, -0.2) is 0 Å². The molecule has 0 unspecified atom stereocenters. The number of likely N-dealkylation sites (N-methyl/N-ethyl adjacent to an activating group) is 1. The molecule has 6 nitrogen and oxygen atoms in total. The van der Waals surface area contributed by atoms with Gasteiger partial charge in [0.1, 0.15) is 0 Å². The third-order valence-electron chi connectivity index (χ3n) is 5.22. The number of carbonyl (C=O) groups is 2. The smallest absolute Gasteiger partial charge is 0.250 e. The first-order valence-corrected chi connectivity index (χ1v) is 8.17. The van der Waals surface area contributed by atoms with Crippen LogP contribution in [0.3, 0.4) is 0 Å². The van der Waals surface area contributed by atoms with Gasteiger partial charge in [0.25, 0.3) is 5.56 Å². The number of hydrogen-bond donors (Lipinski definition) is 0. The molecule has 2 atom stereocenters. The van der Waals surface area contributed by atoms with E-state index in [0.29, 0.717) is 38.4 Å². The van der Waals surface area contributed by atoms with Crippen LogP contribution in [-0.4, -0.2) is 52.4 Å². The lowest BCUT2D eigenvalue weighted by atomic mass is 9.92. The molecule has 6 heteroatoms. The van der Waals surface area contributed by atoms with Crippen LogP contribution in [0, 0.1) is 12.8 Å². The van der Waals surface area contributed by atoms with Crippen molar-refractivity contribution in [3.05, 3.63) is 34.2 Å². The second-order valence-corrected chi connectivity index (χ2v) is 6.57. The number of aryl methyl sites for hydroxylation is 1. The molecule has 23 heavy (non-hydrogen) atoms. The Bertz CT molecular complexity index is 682. The Kier molecular flexibility index (Phi) is 4.24. The SMILES string of the molecule is Cc1cccc(=O)n1CCC(=O)N1CC[C@@H]2CC(=O)N(C)[C@@H]2C1. The number of rotatable bonds is 3. The van der Waals surface area contributed by atoms with Gasteiger partial charge in [0.2, 0.25) is 11.8 Å². The third-order valence-corrected chi connectivity index (χ3v) is 5.22. The topological polar surface area (TPSA) is 62.6 Å². The minimum Gasteiger partial charge on any atom is -0.341 e. The number of carbonyl (C=O) groups excluding carboxylic acids is 2. The molecule has 3 rings (SSSR count). The summed E-state index contributed by atoms with van der Waals surface area (Å²) in [6.45, 7) is 3.61. The van der Waals surface area contributed by atoms with E-state index in [0.717, 1.165) is 12.1 Å². The molecule has 124 valence electrons. The molecule has 0 aliphatic carbocycles. The lowest BCUT2D eigenvalue weighted by molar-refractivity contribution is -0.135. The Balaban J connectivity index is 1.61. The molecule has 2 aliphatic heterocycles. The van der Waals surface area contributed by atoms with Crippen molar-refractivity contribution in [2.24, 2.45) is 5.92 Å². The van der Waals surface area contributed by atoms with E-state index < -0.39 is 0 Å². The number of hydrogen-bond acceptors (Lipinski definition) is 3. The summed E-state index contributed by atoms with van der Waals surface area (Å²) < 4.78 is 1.63. The van der Waals surface area contributed by atoms with Crippen LogP contribution < -0.4 is 5.56 Å². The third kappa shape index (κ3) is 3.02. The highest BCUT2D eigenvalue weighted by atomic mass is 16.2. The van der Waals surface area contributed by atoms with Crippen molar-refractivity contribution in [2.75, 3.05) is 20.1 Å². The zero-order valence-corrected chi connectivity index (χ0v) is 13.7. The quantitative estimate of drug-likeness (QED) is 0.821. The Morgan fingerprint density at radius 1 is 1.30 bits per heavy atom. The fourth-order valence-electron chi connectivity index (χ4n) is 3.71. The first-order chi connectivity index (χ1) is 11.0. The van der Waals surface area contributed by atoms with Crippen LogP contribution in [0.5, 0.6) is 0 Å². The Hall–Kier alpha value is -2.11. The van der Waals surface area contributed by atoms with Gasteiger partial charge in [0.15, 0.2) is 0 Å².